The zero-order chi connectivity index (χ0) is 20.7. The van der Waals surface area contributed by atoms with Gasteiger partial charge in [0.15, 0.2) is 0 Å². The molecule has 152 valence electrons. The molecule has 0 aromatic heterocycles. The van der Waals surface area contributed by atoms with Gasteiger partial charge in [0.05, 0.1) is 13.2 Å². The molecule has 2 aromatic carbocycles. The van der Waals surface area contributed by atoms with Gasteiger partial charge in [0, 0.05) is 17.6 Å². The highest BCUT2D eigenvalue weighted by Crippen LogP contribution is 2.21. The lowest BCUT2D eigenvalue weighted by Gasteiger charge is -2.24. The molecule has 0 aliphatic rings. The van der Waals surface area contributed by atoms with E-state index in [-0.39, 0.29) is 23.5 Å². The quantitative estimate of drug-likeness (QED) is 0.616. The third kappa shape index (κ3) is 6.39. The van der Waals surface area contributed by atoms with E-state index in [1.165, 1.54) is 12.1 Å². The van der Waals surface area contributed by atoms with Crippen LogP contribution in [0.5, 0.6) is 5.75 Å². The number of hydrogen-bond donors (Lipinski definition) is 3. The van der Waals surface area contributed by atoms with Crippen molar-refractivity contribution in [2.24, 2.45) is 5.92 Å². The maximum absolute atomic E-state index is 13.4. The average Bonchev–Trinajstić information content (AvgIpc) is 2.65. The highest BCUT2D eigenvalue weighted by atomic mass is 35.5. The molecule has 5 nitrogen and oxygen atoms in total. The second-order valence-electron chi connectivity index (χ2n) is 6.94. The summed E-state index contributed by atoms with van der Waals surface area (Å²) in [6.45, 7) is 3.97. The molecule has 0 aliphatic carbocycles. The lowest BCUT2D eigenvalue weighted by molar-refractivity contribution is 0.171. The molecule has 0 bridgehead atoms. The third-order valence-corrected chi connectivity index (χ3v) is 4.70. The maximum atomic E-state index is 13.4. The molecule has 3 N–H and O–H groups in total. The number of methoxy groups -OCH3 is 1. The summed E-state index contributed by atoms with van der Waals surface area (Å²) in [6.07, 6.45) is -0.456. The topological polar surface area (TPSA) is 70.6 Å². The summed E-state index contributed by atoms with van der Waals surface area (Å²) in [5.41, 5.74) is 1.30. The van der Waals surface area contributed by atoms with Crippen molar-refractivity contribution in [1.29, 1.82) is 0 Å². The van der Waals surface area contributed by atoms with E-state index in [0.29, 0.717) is 12.0 Å². The molecule has 0 saturated heterocycles. The fourth-order valence-electron chi connectivity index (χ4n) is 2.86. The largest absolute Gasteiger partial charge is 0.496 e. The molecule has 7 heteroatoms. The molecule has 2 rings (SSSR count). The molecule has 2 amide bonds. The Balaban J connectivity index is 1.95. The fraction of sp³-hybridized carbons (Fsp3) is 0.381. The fourth-order valence-corrected chi connectivity index (χ4v) is 3.09. The Morgan fingerprint density at radius 1 is 1.25 bits per heavy atom. The molecule has 0 aliphatic heterocycles. The molecule has 0 heterocycles. The second kappa shape index (κ2) is 10.3. The Kier molecular flexibility index (Phi) is 8.08. The van der Waals surface area contributed by atoms with Gasteiger partial charge in [-0.25, -0.2) is 9.18 Å². The summed E-state index contributed by atoms with van der Waals surface area (Å²) < 4.78 is 18.8. The summed E-state index contributed by atoms with van der Waals surface area (Å²) in [5, 5.41) is 15.9. The predicted molar refractivity (Wildman–Crippen MR) is 108 cm³/mol. The van der Waals surface area contributed by atoms with Gasteiger partial charge in [-0.05, 0) is 47.7 Å². The third-order valence-electron chi connectivity index (χ3n) is 4.48. The van der Waals surface area contributed by atoms with Crippen molar-refractivity contribution in [2.75, 3.05) is 13.7 Å². The normalized spacial score (nSPS) is 13.1. The number of aliphatic hydroxyl groups excluding tert-OH is 1. The Labute approximate surface area is 169 Å². The van der Waals surface area contributed by atoms with Gasteiger partial charge in [-0.3, -0.25) is 0 Å². The van der Waals surface area contributed by atoms with Crippen LogP contribution < -0.4 is 15.4 Å². The van der Waals surface area contributed by atoms with Crippen LogP contribution in [0.25, 0.3) is 0 Å². The van der Waals surface area contributed by atoms with E-state index in [1.54, 1.807) is 7.11 Å². The number of benzene rings is 2. The number of aliphatic hydroxyl groups is 1. The number of nitrogens with one attached hydrogen (secondary N) is 2. The Bertz CT molecular complexity index is 781. The first-order valence-electron chi connectivity index (χ1n) is 9.10. The number of amides is 2. The monoisotopic (exact) mass is 408 g/mol. The van der Waals surface area contributed by atoms with Crippen LogP contribution >= 0.6 is 11.6 Å². The van der Waals surface area contributed by atoms with Crippen molar-refractivity contribution in [2.45, 2.75) is 32.4 Å². The molecule has 0 saturated carbocycles. The van der Waals surface area contributed by atoms with E-state index < -0.39 is 18.0 Å². The zero-order valence-corrected chi connectivity index (χ0v) is 17.0. The molecule has 0 fully saturated rings. The van der Waals surface area contributed by atoms with E-state index in [0.717, 1.165) is 17.4 Å². The Morgan fingerprint density at radius 2 is 1.96 bits per heavy atom. The highest BCUT2D eigenvalue weighted by Gasteiger charge is 2.19. The molecule has 2 atom stereocenters. The first-order chi connectivity index (χ1) is 13.3. The second-order valence-corrected chi connectivity index (χ2v) is 7.38. The summed E-state index contributed by atoms with van der Waals surface area (Å²) >= 11 is 5.80. The van der Waals surface area contributed by atoms with Crippen molar-refractivity contribution in [1.82, 2.24) is 10.6 Å². The van der Waals surface area contributed by atoms with E-state index in [1.807, 2.05) is 38.1 Å². The van der Waals surface area contributed by atoms with E-state index in [4.69, 9.17) is 16.3 Å². The van der Waals surface area contributed by atoms with Crippen molar-refractivity contribution < 1.29 is 19.0 Å². The lowest BCUT2D eigenvalue weighted by Crippen LogP contribution is -2.46. The van der Waals surface area contributed by atoms with Crippen molar-refractivity contribution in [3.05, 3.63) is 64.4 Å². The number of para-hydroxylation sites is 1. The summed E-state index contributed by atoms with van der Waals surface area (Å²) in [4.78, 5) is 12.3. The van der Waals surface area contributed by atoms with Crippen LogP contribution in [0.4, 0.5) is 9.18 Å². The minimum Gasteiger partial charge on any atom is -0.496 e. The van der Waals surface area contributed by atoms with Gasteiger partial charge in [-0.1, -0.05) is 43.6 Å². The molecule has 2 unspecified atom stereocenters. The molecule has 2 aromatic rings. The average molecular weight is 409 g/mol. The van der Waals surface area contributed by atoms with E-state index in [9.17, 15) is 14.3 Å². The highest BCUT2D eigenvalue weighted by molar-refractivity contribution is 6.30. The summed E-state index contributed by atoms with van der Waals surface area (Å²) in [6, 6.07) is 10.9. The van der Waals surface area contributed by atoms with E-state index >= 15 is 0 Å². The number of hydrogen-bond acceptors (Lipinski definition) is 3. The molecular weight excluding hydrogens is 383 g/mol. The van der Waals surface area contributed by atoms with Gasteiger partial charge >= 0.3 is 6.03 Å². The van der Waals surface area contributed by atoms with Crippen LogP contribution in [-0.4, -0.2) is 30.8 Å². The predicted octanol–water partition coefficient (Wildman–Crippen LogP) is 4.09. The van der Waals surface area contributed by atoms with Gasteiger partial charge in [0.2, 0.25) is 0 Å². The van der Waals surface area contributed by atoms with Gasteiger partial charge in [0.1, 0.15) is 11.6 Å². The lowest BCUT2D eigenvalue weighted by atomic mass is 9.96. The van der Waals surface area contributed by atoms with Crippen LogP contribution in [0.1, 0.15) is 31.1 Å². The Hall–Kier alpha value is -2.31. The number of ether oxygens (including phenoxy) is 1. The number of urea groups is 1. The summed E-state index contributed by atoms with van der Waals surface area (Å²) in [7, 11) is 1.61. The number of carbonyl (C=O) groups excluding carboxylic acids is 1. The van der Waals surface area contributed by atoms with Crippen molar-refractivity contribution in [3.63, 3.8) is 0 Å². The van der Waals surface area contributed by atoms with Crippen LogP contribution in [0, 0.1) is 11.7 Å². The van der Waals surface area contributed by atoms with E-state index in [2.05, 4.69) is 10.6 Å². The van der Waals surface area contributed by atoms with Crippen LogP contribution in [-0.2, 0) is 6.42 Å². The standard InChI is InChI=1S/C21H26ClFN2O3/c1-13(2)18(10-14-6-4-5-7-20(14)28-3)25-21(27)24-12-19(26)15-8-16(22)11-17(23)9-15/h4-9,11,13,18-19,26H,10,12H2,1-3H3,(H2,24,25,27). The van der Waals surface area contributed by atoms with Crippen LogP contribution in [0.15, 0.2) is 42.5 Å². The first kappa shape index (κ1) is 22.0. The zero-order valence-electron chi connectivity index (χ0n) is 16.2. The van der Waals surface area contributed by atoms with Gasteiger partial charge in [0.25, 0.3) is 0 Å². The van der Waals surface area contributed by atoms with Crippen molar-refractivity contribution >= 4 is 17.6 Å². The minimum absolute atomic E-state index is 0.0644. The van der Waals surface area contributed by atoms with Gasteiger partial charge < -0.3 is 20.5 Å². The Morgan fingerprint density at radius 3 is 2.61 bits per heavy atom. The summed E-state index contributed by atoms with van der Waals surface area (Å²) in [5.74, 6) is 0.416. The number of rotatable bonds is 8. The number of halogens is 2. The number of carbonyl (C=O) groups is 1. The van der Waals surface area contributed by atoms with Crippen LogP contribution in [0.2, 0.25) is 5.02 Å². The minimum atomic E-state index is -1.06. The van der Waals surface area contributed by atoms with Gasteiger partial charge in [-0.15, -0.1) is 0 Å². The van der Waals surface area contributed by atoms with Crippen LogP contribution in [0.3, 0.4) is 0 Å². The molecule has 0 spiro atoms. The smallest absolute Gasteiger partial charge is 0.315 e. The SMILES string of the molecule is COc1ccccc1CC(NC(=O)NCC(O)c1cc(F)cc(Cl)c1)C(C)C. The van der Waals surface area contributed by atoms with Gasteiger partial charge in [-0.2, -0.15) is 0 Å². The molecule has 0 radical (unpaired) electrons. The maximum Gasteiger partial charge on any atom is 0.315 e. The molecule has 28 heavy (non-hydrogen) atoms. The first-order valence-corrected chi connectivity index (χ1v) is 9.48. The van der Waals surface area contributed by atoms with Crippen molar-refractivity contribution in [3.8, 4) is 5.75 Å². The molecular formula is C21H26ClFN2O3.